The van der Waals surface area contributed by atoms with Gasteiger partial charge in [-0.3, -0.25) is 4.99 Å². The second-order valence-electron chi connectivity index (χ2n) is 4.41. The molecule has 0 spiro atoms. The molecule has 0 bridgehead atoms. The van der Waals surface area contributed by atoms with Crippen LogP contribution in [0.25, 0.3) is 0 Å². The van der Waals surface area contributed by atoms with Gasteiger partial charge in [0.25, 0.3) is 0 Å². The first kappa shape index (κ1) is 14.3. The molecule has 2 aromatic carbocycles. The quantitative estimate of drug-likeness (QED) is 0.716. The summed E-state index contributed by atoms with van der Waals surface area (Å²) in [4.78, 5) is 4.61. The fraction of sp³-hybridized carbons (Fsp3) is 0.176. The molecule has 0 aromatic heterocycles. The van der Waals surface area contributed by atoms with Gasteiger partial charge in [-0.1, -0.05) is 48.9 Å². The van der Waals surface area contributed by atoms with E-state index in [1.54, 1.807) is 12.1 Å². The van der Waals surface area contributed by atoms with Gasteiger partial charge in [0.2, 0.25) is 0 Å². The molecule has 0 N–H and O–H groups in total. The summed E-state index contributed by atoms with van der Waals surface area (Å²) in [5, 5.41) is 10.1. The second kappa shape index (κ2) is 6.88. The SMILES string of the molecule is CCC(=Nc1ccccc1)C(C#N)c1ccc(Cl)cc1. The molecule has 20 heavy (non-hydrogen) atoms. The first-order valence-corrected chi connectivity index (χ1v) is 6.90. The van der Waals surface area contributed by atoms with Gasteiger partial charge in [0.1, 0.15) is 5.92 Å². The minimum Gasteiger partial charge on any atom is -0.256 e. The van der Waals surface area contributed by atoms with Crippen LogP contribution < -0.4 is 0 Å². The van der Waals surface area contributed by atoms with Gasteiger partial charge >= 0.3 is 0 Å². The number of nitriles is 1. The molecule has 0 heterocycles. The lowest BCUT2D eigenvalue weighted by Gasteiger charge is -2.12. The molecule has 0 saturated carbocycles. The van der Waals surface area contributed by atoms with Crippen LogP contribution in [0.5, 0.6) is 0 Å². The van der Waals surface area contributed by atoms with Crippen molar-refractivity contribution < 1.29 is 0 Å². The van der Waals surface area contributed by atoms with Gasteiger partial charge < -0.3 is 0 Å². The lowest BCUT2D eigenvalue weighted by Crippen LogP contribution is -2.09. The van der Waals surface area contributed by atoms with E-state index in [0.29, 0.717) is 5.02 Å². The van der Waals surface area contributed by atoms with Crippen molar-refractivity contribution in [1.82, 2.24) is 0 Å². The molecule has 0 fully saturated rings. The Bertz CT molecular complexity index is 624. The van der Waals surface area contributed by atoms with E-state index in [4.69, 9.17) is 11.6 Å². The summed E-state index contributed by atoms with van der Waals surface area (Å²) < 4.78 is 0. The summed E-state index contributed by atoms with van der Waals surface area (Å²) in [6, 6.07) is 19.4. The topological polar surface area (TPSA) is 36.1 Å². The highest BCUT2D eigenvalue weighted by atomic mass is 35.5. The fourth-order valence-corrected chi connectivity index (χ4v) is 2.14. The van der Waals surface area contributed by atoms with E-state index < -0.39 is 0 Å². The number of benzene rings is 2. The largest absolute Gasteiger partial charge is 0.256 e. The van der Waals surface area contributed by atoms with Crippen molar-refractivity contribution in [2.24, 2.45) is 4.99 Å². The molecule has 0 aliphatic rings. The fourth-order valence-electron chi connectivity index (χ4n) is 2.01. The number of hydrogen-bond donors (Lipinski definition) is 0. The van der Waals surface area contributed by atoms with Crippen LogP contribution in [0.15, 0.2) is 59.6 Å². The Morgan fingerprint density at radius 3 is 2.35 bits per heavy atom. The Balaban J connectivity index is 2.36. The molecule has 0 aliphatic carbocycles. The first-order valence-electron chi connectivity index (χ1n) is 6.52. The smallest absolute Gasteiger partial charge is 0.109 e. The highest BCUT2D eigenvalue weighted by Gasteiger charge is 2.16. The van der Waals surface area contributed by atoms with E-state index in [1.165, 1.54) is 0 Å². The summed E-state index contributed by atoms with van der Waals surface area (Å²) in [7, 11) is 0. The van der Waals surface area contributed by atoms with Gasteiger partial charge in [0, 0.05) is 10.7 Å². The van der Waals surface area contributed by atoms with E-state index in [1.807, 2.05) is 49.4 Å². The Morgan fingerprint density at radius 1 is 1.15 bits per heavy atom. The molecule has 0 radical (unpaired) electrons. The second-order valence-corrected chi connectivity index (χ2v) is 4.84. The molecular formula is C17H15ClN2. The van der Waals surface area contributed by atoms with Gasteiger partial charge in [-0.05, 0) is 36.2 Å². The van der Waals surface area contributed by atoms with Crippen LogP contribution in [0.1, 0.15) is 24.8 Å². The molecule has 2 aromatic rings. The molecule has 1 atom stereocenters. The lowest BCUT2D eigenvalue weighted by atomic mass is 9.94. The molecule has 3 heteroatoms. The minimum atomic E-state index is -0.336. The number of para-hydroxylation sites is 1. The summed E-state index contributed by atoms with van der Waals surface area (Å²) in [6.07, 6.45) is 0.732. The van der Waals surface area contributed by atoms with Crippen molar-refractivity contribution in [3.63, 3.8) is 0 Å². The van der Waals surface area contributed by atoms with Crippen LogP contribution in [0, 0.1) is 11.3 Å². The van der Waals surface area contributed by atoms with Crippen molar-refractivity contribution in [3.8, 4) is 6.07 Å². The molecule has 2 nitrogen and oxygen atoms in total. The molecule has 1 unspecified atom stereocenters. The maximum absolute atomic E-state index is 9.46. The lowest BCUT2D eigenvalue weighted by molar-refractivity contribution is 1.07. The summed E-state index contributed by atoms with van der Waals surface area (Å²) >= 11 is 5.89. The van der Waals surface area contributed by atoms with Gasteiger partial charge in [-0.25, -0.2) is 0 Å². The minimum absolute atomic E-state index is 0.336. The van der Waals surface area contributed by atoms with Gasteiger partial charge in [-0.15, -0.1) is 0 Å². The zero-order valence-corrected chi connectivity index (χ0v) is 12.0. The Labute approximate surface area is 124 Å². The molecule has 0 amide bonds. The van der Waals surface area contributed by atoms with E-state index in [9.17, 15) is 5.26 Å². The summed E-state index contributed by atoms with van der Waals surface area (Å²) in [6.45, 7) is 2.02. The van der Waals surface area contributed by atoms with Gasteiger partial charge in [0.05, 0.1) is 11.8 Å². The highest BCUT2D eigenvalue weighted by molar-refractivity contribution is 6.30. The molecular weight excluding hydrogens is 268 g/mol. The molecule has 100 valence electrons. The Kier molecular flexibility index (Phi) is 4.92. The van der Waals surface area contributed by atoms with Crippen LogP contribution in [-0.4, -0.2) is 5.71 Å². The Morgan fingerprint density at radius 2 is 1.80 bits per heavy atom. The standard InChI is InChI=1S/C17H15ClN2/c1-2-17(20-15-6-4-3-5-7-15)16(12-19)13-8-10-14(18)11-9-13/h3-11,16H,2H2,1H3. The summed E-state index contributed by atoms with van der Waals surface area (Å²) in [5.74, 6) is -0.336. The Hall–Kier alpha value is -2.11. The van der Waals surface area contributed by atoms with Crippen molar-refractivity contribution in [3.05, 3.63) is 65.2 Å². The maximum Gasteiger partial charge on any atom is 0.109 e. The van der Waals surface area contributed by atoms with E-state index in [-0.39, 0.29) is 5.92 Å². The number of aliphatic imine (C=N–C) groups is 1. The van der Waals surface area contributed by atoms with Crippen molar-refractivity contribution in [2.45, 2.75) is 19.3 Å². The van der Waals surface area contributed by atoms with Crippen LogP contribution in [0.4, 0.5) is 5.69 Å². The third kappa shape index (κ3) is 3.46. The maximum atomic E-state index is 9.46. The molecule has 0 aliphatic heterocycles. The third-order valence-corrected chi connectivity index (χ3v) is 3.31. The molecule has 2 rings (SSSR count). The van der Waals surface area contributed by atoms with Crippen molar-refractivity contribution in [2.75, 3.05) is 0 Å². The zero-order chi connectivity index (χ0) is 14.4. The zero-order valence-electron chi connectivity index (χ0n) is 11.3. The third-order valence-electron chi connectivity index (χ3n) is 3.06. The molecule has 0 saturated heterocycles. The normalized spacial score (nSPS) is 12.8. The van der Waals surface area contributed by atoms with Crippen molar-refractivity contribution in [1.29, 1.82) is 5.26 Å². The van der Waals surface area contributed by atoms with Crippen LogP contribution in [0.2, 0.25) is 5.02 Å². The van der Waals surface area contributed by atoms with E-state index in [0.717, 1.165) is 23.4 Å². The highest BCUT2D eigenvalue weighted by Crippen LogP contribution is 2.23. The predicted molar refractivity (Wildman–Crippen MR) is 83.6 cm³/mol. The number of nitrogens with zero attached hydrogens (tertiary/aromatic N) is 2. The number of halogens is 1. The van der Waals surface area contributed by atoms with E-state index >= 15 is 0 Å². The number of hydrogen-bond acceptors (Lipinski definition) is 2. The number of rotatable bonds is 4. The monoisotopic (exact) mass is 282 g/mol. The summed E-state index contributed by atoms with van der Waals surface area (Å²) in [5.41, 5.74) is 2.66. The van der Waals surface area contributed by atoms with E-state index in [2.05, 4.69) is 11.1 Å². The average molecular weight is 283 g/mol. The first-order chi connectivity index (χ1) is 9.74. The van der Waals surface area contributed by atoms with Gasteiger partial charge in [0.15, 0.2) is 0 Å². The van der Waals surface area contributed by atoms with Crippen molar-refractivity contribution >= 4 is 23.0 Å². The van der Waals surface area contributed by atoms with Crippen LogP contribution in [-0.2, 0) is 0 Å². The average Bonchev–Trinajstić information content (AvgIpc) is 2.49. The van der Waals surface area contributed by atoms with Crippen LogP contribution in [0.3, 0.4) is 0 Å². The van der Waals surface area contributed by atoms with Gasteiger partial charge in [-0.2, -0.15) is 5.26 Å². The predicted octanol–water partition coefficient (Wildman–Crippen LogP) is 5.13. The van der Waals surface area contributed by atoms with Crippen LogP contribution >= 0.6 is 11.6 Å².